The van der Waals surface area contributed by atoms with Crippen LogP contribution in [-0.2, 0) is 0 Å². The van der Waals surface area contributed by atoms with E-state index in [1.54, 1.807) is 28.8 Å². The van der Waals surface area contributed by atoms with E-state index in [0.717, 1.165) is 25.0 Å². The van der Waals surface area contributed by atoms with Gasteiger partial charge in [-0.1, -0.05) is 17.7 Å². The number of aromatic nitrogens is 3. The van der Waals surface area contributed by atoms with Gasteiger partial charge >= 0.3 is 6.09 Å². The molecule has 186 valence electrons. The number of carbonyl (C=O) groups excluding carboxylic acids is 1. The van der Waals surface area contributed by atoms with Gasteiger partial charge in [0.05, 0.1) is 33.5 Å². The Balaban J connectivity index is 1.55. The Morgan fingerprint density at radius 3 is 2.64 bits per heavy atom. The number of hydrogen-bond donors (Lipinski definition) is 4. The molecule has 0 unspecified atom stereocenters. The molecule has 2 aromatic heterocycles. The lowest BCUT2D eigenvalue weighted by molar-refractivity contribution is 0.0951. The number of carboxylic acid groups (broad SMARTS) is 1. The SMILES string of the molecule is O=C(O)NCCCNc1nc2cc(F)c(F)cc2n2c(-c3ccc(C(=O)NC4CC4)c(Cl)c3)cnc12. The number of carbonyl (C=O) groups is 2. The van der Waals surface area contributed by atoms with Crippen LogP contribution in [0.15, 0.2) is 36.5 Å². The van der Waals surface area contributed by atoms with Crippen LogP contribution in [0.1, 0.15) is 29.6 Å². The highest BCUT2D eigenvalue weighted by molar-refractivity contribution is 6.34. The van der Waals surface area contributed by atoms with Crippen LogP contribution in [0.25, 0.3) is 27.9 Å². The topological polar surface area (TPSA) is 121 Å². The number of hydrogen-bond acceptors (Lipinski definition) is 5. The largest absolute Gasteiger partial charge is 0.465 e. The Morgan fingerprint density at radius 1 is 1.14 bits per heavy atom. The maximum atomic E-state index is 14.2. The van der Waals surface area contributed by atoms with Crippen molar-refractivity contribution in [3.8, 4) is 11.3 Å². The first-order valence-corrected chi connectivity index (χ1v) is 11.7. The lowest BCUT2D eigenvalue weighted by Crippen LogP contribution is -2.25. The summed E-state index contributed by atoms with van der Waals surface area (Å²) in [6.45, 7) is 0.585. The molecule has 2 aromatic carbocycles. The van der Waals surface area contributed by atoms with Gasteiger partial charge in [-0.15, -0.1) is 0 Å². The van der Waals surface area contributed by atoms with Crippen LogP contribution in [0.3, 0.4) is 0 Å². The highest BCUT2D eigenvalue weighted by atomic mass is 35.5. The fourth-order valence-electron chi connectivity index (χ4n) is 3.89. The minimum atomic E-state index is -1.12. The zero-order chi connectivity index (χ0) is 25.4. The van der Waals surface area contributed by atoms with Crippen molar-refractivity contribution in [3.05, 3.63) is 58.7 Å². The molecule has 0 aliphatic heterocycles. The Kier molecular flexibility index (Phi) is 6.31. The predicted molar refractivity (Wildman–Crippen MR) is 130 cm³/mol. The van der Waals surface area contributed by atoms with Crippen molar-refractivity contribution in [1.29, 1.82) is 0 Å². The molecule has 0 saturated heterocycles. The van der Waals surface area contributed by atoms with E-state index in [1.165, 1.54) is 0 Å². The second kappa shape index (κ2) is 9.57. The molecule has 4 aromatic rings. The third kappa shape index (κ3) is 4.74. The third-order valence-corrected chi connectivity index (χ3v) is 6.12. The van der Waals surface area contributed by atoms with Crippen LogP contribution in [-0.4, -0.2) is 50.6 Å². The first kappa shape index (κ1) is 23.7. The monoisotopic (exact) mass is 514 g/mol. The van der Waals surface area contributed by atoms with Crippen molar-refractivity contribution >= 4 is 46.1 Å². The normalized spacial score (nSPS) is 13.2. The number of anilines is 1. The van der Waals surface area contributed by atoms with E-state index < -0.39 is 17.7 Å². The second-order valence-electron chi connectivity index (χ2n) is 8.47. The quantitative estimate of drug-likeness (QED) is 0.258. The number of nitrogens with one attached hydrogen (secondary N) is 3. The van der Waals surface area contributed by atoms with Gasteiger partial charge in [-0.25, -0.2) is 23.5 Å². The summed E-state index contributed by atoms with van der Waals surface area (Å²) < 4.78 is 29.9. The summed E-state index contributed by atoms with van der Waals surface area (Å²) in [6, 6.07) is 7.20. The maximum absolute atomic E-state index is 14.2. The standard InChI is InChI=1S/C24H21ClF2N6O3/c25-15-8-12(2-5-14(15)23(34)31-13-3-4-13)20-11-30-22-21(28-6-1-7-29-24(35)36)32-18-9-16(26)17(27)10-19(18)33(20)22/h2,5,8-11,13,29H,1,3-4,6-7H2,(H,28,32)(H,31,34)(H,35,36). The van der Waals surface area contributed by atoms with Gasteiger partial charge in [0.15, 0.2) is 23.1 Å². The maximum Gasteiger partial charge on any atom is 0.404 e. The van der Waals surface area contributed by atoms with Crippen molar-refractivity contribution in [3.63, 3.8) is 0 Å². The number of halogens is 3. The summed E-state index contributed by atoms with van der Waals surface area (Å²) in [6.07, 6.45) is 2.81. The minimum absolute atomic E-state index is 0.187. The smallest absolute Gasteiger partial charge is 0.404 e. The van der Waals surface area contributed by atoms with Crippen LogP contribution < -0.4 is 16.0 Å². The average molecular weight is 515 g/mol. The van der Waals surface area contributed by atoms with Crippen LogP contribution in [0.2, 0.25) is 5.02 Å². The molecule has 0 radical (unpaired) electrons. The van der Waals surface area contributed by atoms with Gasteiger partial charge in [0.25, 0.3) is 5.91 Å². The molecule has 0 bridgehead atoms. The van der Waals surface area contributed by atoms with Gasteiger partial charge < -0.3 is 21.1 Å². The summed E-state index contributed by atoms with van der Waals surface area (Å²) in [7, 11) is 0. The van der Waals surface area contributed by atoms with Crippen LogP contribution in [0.5, 0.6) is 0 Å². The predicted octanol–water partition coefficient (Wildman–Crippen LogP) is 4.44. The first-order valence-electron chi connectivity index (χ1n) is 11.3. The average Bonchev–Trinajstić information content (AvgIpc) is 3.53. The van der Waals surface area contributed by atoms with Crippen molar-refractivity contribution in [1.82, 2.24) is 25.0 Å². The molecule has 2 heterocycles. The van der Waals surface area contributed by atoms with E-state index in [9.17, 15) is 18.4 Å². The van der Waals surface area contributed by atoms with E-state index in [2.05, 4.69) is 25.9 Å². The molecule has 12 heteroatoms. The molecule has 1 saturated carbocycles. The van der Waals surface area contributed by atoms with E-state index in [4.69, 9.17) is 16.7 Å². The highest BCUT2D eigenvalue weighted by Crippen LogP contribution is 2.32. The molecular formula is C24H21ClF2N6O3. The summed E-state index contributed by atoms with van der Waals surface area (Å²) in [5.74, 6) is -2.00. The Labute approximate surface area is 208 Å². The lowest BCUT2D eigenvalue weighted by Gasteiger charge is -2.13. The Bertz CT molecular complexity index is 1500. The first-order chi connectivity index (χ1) is 17.3. The van der Waals surface area contributed by atoms with E-state index in [0.29, 0.717) is 46.8 Å². The summed E-state index contributed by atoms with van der Waals surface area (Å²) in [5.41, 5.74) is 2.35. The zero-order valence-corrected chi connectivity index (χ0v) is 19.6. The van der Waals surface area contributed by atoms with Gasteiger partial charge in [-0.05, 0) is 31.4 Å². The van der Waals surface area contributed by atoms with E-state index in [1.807, 2.05) is 0 Å². The molecule has 4 N–H and O–H groups in total. The molecule has 9 nitrogen and oxygen atoms in total. The van der Waals surface area contributed by atoms with Crippen LogP contribution >= 0.6 is 11.6 Å². The zero-order valence-electron chi connectivity index (χ0n) is 18.8. The summed E-state index contributed by atoms with van der Waals surface area (Å²) in [4.78, 5) is 31.9. The molecule has 36 heavy (non-hydrogen) atoms. The number of amides is 2. The molecule has 2 amide bonds. The number of benzene rings is 2. The fraction of sp³-hybridized carbons (Fsp3) is 0.250. The molecular weight excluding hydrogens is 494 g/mol. The van der Waals surface area contributed by atoms with Gasteiger partial charge in [0.2, 0.25) is 0 Å². The molecule has 0 spiro atoms. The van der Waals surface area contributed by atoms with Crippen molar-refractivity contribution in [2.75, 3.05) is 18.4 Å². The van der Waals surface area contributed by atoms with Gasteiger partial charge in [0, 0.05) is 36.8 Å². The number of rotatable bonds is 8. The minimum Gasteiger partial charge on any atom is -0.465 e. The van der Waals surface area contributed by atoms with E-state index >= 15 is 0 Å². The van der Waals surface area contributed by atoms with Crippen LogP contribution in [0.4, 0.5) is 19.4 Å². The Morgan fingerprint density at radius 2 is 1.92 bits per heavy atom. The number of nitrogens with zero attached hydrogens (tertiary/aromatic N) is 3. The highest BCUT2D eigenvalue weighted by Gasteiger charge is 2.25. The van der Waals surface area contributed by atoms with Crippen molar-refractivity contribution in [2.45, 2.75) is 25.3 Å². The summed E-state index contributed by atoms with van der Waals surface area (Å²) in [5, 5.41) is 17.2. The third-order valence-electron chi connectivity index (χ3n) is 5.81. The lowest BCUT2D eigenvalue weighted by atomic mass is 10.1. The van der Waals surface area contributed by atoms with Gasteiger partial charge in [-0.2, -0.15) is 0 Å². The molecule has 1 fully saturated rings. The molecule has 5 rings (SSSR count). The second-order valence-corrected chi connectivity index (χ2v) is 8.88. The van der Waals surface area contributed by atoms with Crippen molar-refractivity contribution in [2.24, 2.45) is 0 Å². The summed E-state index contributed by atoms with van der Waals surface area (Å²) >= 11 is 6.44. The number of fused-ring (bicyclic) bond motifs is 3. The molecule has 0 atom stereocenters. The van der Waals surface area contributed by atoms with Gasteiger partial charge in [-0.3, -0.25) is 9.20 Å². The Hall–Kier alpha value is -3.99. The van der Waals surface area contributed by atoms with E-state index in [-0.39, 0.29) is 29.0 Å². The van der Waals surface area contributed by atoms with Crippen molar-refractivity contribution < 1.29 is 23.5 Å². The molecule has 1 aliphatic rings. The molecule has 1 aliphatic carbocycles. The number of imidazole rings is 1. The van der Waals surface area contributed by atoms with Crippen LogP contribution in [0, 0.1) is 11.6 Å². The van der Waals surface area contributed by atoms with Gasteiger partial charge in [0.1, 0.15) is 0 Å². The fourth-order valence-corrected chi connectivity index (χ4v) is 4.16.